The summed E-state index contributed by atoms with van der Waals surface area (Å²) in [5, 5.41) is 8.63. The second kappa shape index (κ2) is 7.53. The van der Waals surface area contributed by atoms with Crippen LogP contribution >= 0.6 is 0 Å². The van der Waals surface area contributed by atoms with E-state index in [0.29, 0.717) is 24.2 Å². The zero-order valence-corrected chi connectivity index (χ0v) is 11.9. The molecule has 21 heavy (non-hydrogen) atoms. The first-order chi connectivity index (χ1) is 10.2. The lowest BCUT2D eigenvalue weighted by atomic mass is 10.1. The molecule has 1 aromatic carbocycles. The van der Waals surface area contributed by atoms with E-state index in [0.717, 1.165) is 5.56 Å². The van der Waals surface area contributed by atoms with E-state index in [-0.39, 0.29) is 12.4 Å². The molecule has 0 radical (unpaired) electrons. The van der Waals surface area contributed by atoms with Crippen molar-refractivity contribution in [1.29, 1.82) is 0 Å². The smallest absolute Gasteiger partial charge is 0.128 e. The van der Waals surface area contributed by atoms with E-state index in [1.54, 1.807) is 24.5 Å². The van der Waals surface area contributed by atoms with Crippen molar-refractivity contribution >= 4 is 0 Å². The Labute approximate surface area is 124 Å². The van der Waals surface area contributed by atoms with Gasteiger partial charge in [0.05, 0.1) is 0 Å². The largest absolute Gasteiger partial charge is 0.384 e. The van der Waals surface area contributed by atoms with E-state index in [4.69, 9.17) is 5.11 Å². The van der Waals surface area contributed by atoms with Gasteiger partial charge in [0.25, 0.3) is 0 Å². The molecular formula is C17H17FN2O. The molecule has 0 aliphatic heterocycles. The van der Waals surface area contributed by atoms with E-state index in [1.165, 1.54) is 6.07 Å². The third kappa shape index (κ3) is 4.67. The van der Waals surface area contributed by atoms with Crippen molar-refractivity contribution in [2.75, 3.05) is 13.7 Å². The Morgan fingerprint density at radius 2 is 2.14 bits per heavy atom. The number of rotatable bonds is 4. The normalized spacial score (nSPS) is 10.3. The van der Waals surface area contributed by atoms with Crippen molar-refractivity contribution in [3.8, 4) is 11.8 Å². The molecule has 0 saturated carbocycles. The molecule has 1 aromatic heterocycles. The highest BCUT2D eigenvalue weighted by atomic mass is 19.1. The van der Waals surface area contributed by atoms with Gasteiger partial charge in [-0.1, -0.05) is 24.0 Å². The van der Waals surface area contributed by atoms with Gasteiger partial charge in [0.1, 0.15) is 12.4 Å². The minimum Gasteiger partial charge on any atom is -0.384 e. The molecule has 0 atom stereocenters. The monoisotopic (exact) mass is 284 g/mol. The van der Waals surface area contributed by atoms with Gasteiger partial charge in [0.15, 0.2) is 0 Å². The number of hydrogen-bond donors (Lipinski definition) is 1. The van der Waals surface area contributed by atoms with Gasteiger partial charge in [-0.15, -0.1) is 0 Å². The van der Waals surface area contributed by atoms with Gasteiger partial charge in [0, 0.05) is 36.6 Å². The Morgan fingerprint density at radius 1 is 1.29 bits per heavy atom. The average Bonchev–Trinajstić information content (AvgIpc) is 2.48. The number of aliphatic hydroxyl groups excluding tert-OH is 1. The Hall–Kier alpha value is -2.22. The highest BCUT2D eigenvalue weighted by Gasteiger charge is 2.07. The van der Waals surface area contributed by atoms with Gasteiger partial charge in [0.2, 0.25) is 0 Å². The summed E-state index contributed by atoms with van der Waals surface area (Å²) in [5.74, 6) is 4.92. The van der Waals surface area contributed by atoms with Gasteiger partial charge < -0.3 is 5.11 Å². The summed E-state index contributed by atoms with van der Waals surface area (Å²) in [4.78, 5) is 6.09. The number of hydrogen-bond acceptors (Lipinski definition) is 3. The topological polar surface area (TPSA) is 36.4 Å². The molecule has 2 rings (SSSR count). The summed E-state index contributed by atoms with van der Waals surface area (Å²) in [6, 6.07) is 8.77. The predicted octanol–water partition coefficient (Wildman–Crippen LogP) is 2.20. The maximum absolute atomic E-state index is 14.0. The first-order valence-electron chi connectivity index (χ1n) is 6.64. The van der Waals surface area contributed by atoms with Crippen LogP contribution in [0.15, 0.2) is 42.7 Å². The van der Waals surface area contributed by atoms with Crippen molar-refractivity contribution < 1.29 is 9.50 Å². The van der Waals surface area contributed by atoms with E-state index in [1.807, 2.05) is 24.1 Å². The number of aromatic nitrogens is 1. The van der Waals surface area contributed by atoms with Crippen LogP contribution in [0.25, 0.3) is 0 Å². The minimum absolute atomic E-state index is 0.225. The average molecular weight is 284 g/mol. The number of pyridine rings is 1. The van der Waals surface area contributed by atoms with Crippen molar-refractivity contribution in [2.24, 2.45) is 0 Å². The summed E-state index contributed by atoms with van der Waals surface area (Å²) < 4.78 is 14.0. The Bertz CT molecular complexity index is 647. The minimum atomic E-state index is -0.280. The molecule has 108 valence electrons. The molecule has 1 heterocycles. The molecule has 3 nitrogen and oxygen atoms in total. The fraction of sp³-hybridized carbons (Fsp3) is 0.235. The zero-order valence-electron chi connectivity index (χ0n) is 11.9. The maximum atomic E-state index is 14.0. The Morgan fingerprint density at radius 3 is 2.81 bits per heavy atom. The molecule has 1 N–H and O–H groups in total. The standard InChI is InChI=1S/C17H17FN2O/c1-20(12-15-4-2-8-19-11-15)13-16-7-6-14(5-3-9-21)10-17(16)18/h2,4,6-8,10-11,21H,9,12-13H2,1H3. The van der Waals surface area contributed by atoms with Crippen molar-refractivity contribution in [1.82, 2.24) is 9.88 Å². The van der Waals surface area contributed by atoms with E-state index in [9.17, 15) is 4.39 Å². The number of nitrogens with zero attached hydrogens (tertiary/aromatic N) is 2. The third-order valence-electron chi connectivity index (χ3n) is 2.98. The Balaban J connectivity index is 2.02. The highest BCUT2D eigenvalue weighted by Crippen LogP contribution is 2.13. The summed E-state index contributed by atoms with van der Waals surface area (Å²) in [6.45, 7) is 0.991. The maximum Gasteiger partial charge on any atom is 0.128 e. The summed E-state index contributed by atoms with van der Waals surface area (Å²) >= 11 is 0. The fourth-order valence-corrected chi connectivity index (χ4v) is 2.04. The van der Waals surface area contributed by atoms with Gasteiger partial charge in [-0.25, -0.2) is 4.39 Å². The van der Waals surface area contributed by atoms with Crippen LogP contribution in [0.1, 0.15) is 16.7 Å². The lowest BCUT2D eigenvalue weighted by molar-refractivity contribution is 0.313. The van der Waals surface area contributed by atoms with Crippen LogP contribution in [0.3, 0.4) is 0 Å². The molecule has 0 aliphatic rings. The molecule has 0 fully saturated rings. The van der Waals surface area contributed by atoms with Crippen molar-refractivity contribution in [3.05, 3.63) is 65.2 Å². The lowest BCUT2D eigenvalue weighted by Crippen LogP contribution is -2.18. The van der Waals surface area contributed by atoms with Gasteiger partial charge >= 0.3 is 0 Å². The predicted molar refractivity (Wildman–Crippen MR) is 79.8 cm³/mol. The zero-order chi connectivity index (χ0) is 15.1. The van der Waals surface area contributed by atoms with Crippen LogP contribution in [-0.4, -0.2) is 28.6 Å². The highest BCUT2D eigenvalue weighted by molar-refractivity contribution is 5.37. The van der Waals surface area contributed by atoms with Crippen molar-refractivity contribution in [2.45, 2.75) is 13.1 Å². The summed E-state index contributed by atoms with van der Waals surface area (Å²) in [6.07, 6.45) is 3.54. The van der Waals surface area contributed by atoms with Crippen LogP contribution in [0, 0.1) is 17.7 Å². The summed E-state index contributed by atoms with van der Waals surface area (Å²) in [7, 11) is 1.94. The van der Waals surface area contributed by atoms with Crippen LogP contribution in [0.5, 0.6) is 0 Å². The number of benzene rings is 1. The number of aliphatic hydroxyl groups is 1. The van der Waals surface area contributed by atoms with Crippen LogP contribution < -0.4 is 0 Å². The molecule has 0 amide bonds. The molecule has 0 unspecified atom stereocenters. The van der Waals surface area contributed by atoms with E-state index < -0.39 is 0 Å². The van der Waals surface area contributed by atoms with E-state index in [2.05, 4.69) is 16.8 Å². The van der Waals surface area contributed by atoms with Crippen LogP contribution in [-0.2, 0) is 13.1 Å². The van der Waals surface area contributed by atoms with Gasteiger partial charge in [-0.2, -0.15) is 0 Å². The van der Waals surface area contributed by atoms with E-state index >= 15 is 0 Å². The molecular weight excluding hydrogens is 267 g/mol. The molecule has 0 spiro atoms. The van der Waals surface area contributed by atoms with Crippen LogP contribution in [0.2, 0.25) is 0 Å². The SMILES string of the molecule is CN(Cc1cccnc1)Cc1ccc(C#CCO)cc1F. The molecule has 2 aromatic rings. The number of halogens is 1. The van der Waals surface area contributed by atoms with Crippen molar-refractivity contribution in [3.63, 3.8) is 0 Å². The Kier molecular flexibility index (Phi) is 5.44. The molecule has 4 heteroatoms. The summed E-state index contributed by atoms with van der Waals surface area (Å²) in [5.41, 5.74) is 2.28. The van der Waals surface area contributed by atoms with Gasteiger partial charge in [-0.3, -0.25) is 9.88 Å². The second-order valence-corrected chi connectivity index (χ2v) is 4.80. The first kappa shape index (κ1) is 15.2. The lowest BCUT2D eigenvalue weighted by Gasteiger charge is -2.17. The van der Waals surface area contributed by atoms with Crippen LogP contribution in [0.4, 0.5) is 4.39 Å². The molecule has 0 aliphatic carbocycles. The quantitative estimate of drug-likeness (QED) is 0.874. The fourth-order valence-electron chi connectivity index (χ4n) is 2.04. The molecule has 0 saturated heterocycles. The third-order valence-corrected chi connectivity index (χ3v) is 2.98. The van der Waals surface area contributed by atoms with Gasteiger partial charge in [-0.05, 0) is 30.8 Å². The first-order valence-corrected chi connectivity index (χ1v) is 6.64. The molecule has 0 bridgehead atoms. The second-order valence-electron chi connectivity index (χ2n) is 4.80.